The smallest absolute Gasteiger partial charge is 0.311 e. The lowest BCUT2D eigenvalue weighted by Gasteiger charge is -2.22. The van der Waals surface area contributed by atoms with E-state index in [4.69, 9.17) is 5.11 Å². The second-order valence-electron chi connectivity index (χ2n) is 3.61. The van der Waals surface area contributed by atoms with E-state index < -0.39 is 5.97 Å². The van der Waals surface area contributed by atoms with Gasteiger partial charge in [-0.15, -0.1) is 0 Å². The van der Waals surface area contributed by atoms with Crippen LogP contribution in [-0.4, -0.2) is 23.7 Å². The van der Waals surface area contributed by atoms with Gasteiger partial charge in [-0.2, -0.15) is 0 Å². The summed E-state index contributed by atoms with van der Waals surface area (Å²) in [4.78, 5) is 11.0. The zero-order chi connectivity index (χ0) is 7.90. The zero-order valence-electron chi connectivity index (χ0n) is 6.47. The SMILES string of the molecule is O=C(O)[C@]12CCC[C@H]1NCC2. The van der Waals surface area contributed by atoms with Gasteiger partial charge in [0, 0.05) is 6.04 Å². The van der Waals surface area contributed by atoms with E-state index in [9.17, 15) is 4.79 Å². The Kier molecular flexibility index (Phi) is 1.42. The highest BCUT2D eigenvalue weighted by Crippen LogP contribution is 2.44. The predicted octanol–water partition coefficient (Wildman–Crippen LogP) is 0.603. The molecular weight excluding hydrogens is 142 g/mol. The minimum atomic E-state index is -0.593. The average molecular weight is 155 g/mol. The van der Waals surface area contributed by atoms with E-state index in [2.05, 4.69) is 5.32 Å². The predicted molar refractivity (Wildman–Crippen MR) is 40.3 cm³/mol. The molecule has 1 aliphatic carbocycles. The van der Waals surface area contributed by atoms with Crippen molar-refractivity contribution in [1.29, 1.82) is 0 Å². The molecule has 0 spiro atoms. The van der Waals surface area contributed by atoms with E-state index in [0.29, 0.717) is 0 Å². The number of hydrogen-bond donors (Lipinski definition) is 2. The van der Waals surface area contributed by atoms with E-state index in [1.165, 1.54) is 0 Å². The number of fused-ring (bicyclic) bond motifs is 1. The maximum Gasteiger partial charge on any atom is 0.311 e. The van der Waals surface area contributed by atoms with Crippen LogP contribution in [0.5, 0.6) is 0 Å². The molecule has 62 valence electrons. The van der Waals surface area contributed by atoms with Gasteiger partial charge < -0.3 is 10.4 Å². The lowest BCUT2D eigenvalue weighted by Crippen LogP contribution is -2.38. The number of rotatable bonds is 1. The van der Waals surface area contributed by atoms with E-state index in [1.54, 1.807) is 0 Å². The van der Waals surface area contributed by atoms with Crippen molar-refractivity contribution in [1.82, 2.24) is 5.32 Å². The molecule has 0 unspecified atom stereocenters. The van der Waals surface area contributed by atoms with Crippen LogP contribution >= 0.6 is 0 Å². The number of nitrogens with one attached hydrogen (secondary N) is 1. The summed E-state index contributed by atoms with van der Waals surface area (Å²) >= 11 is 0. The first-order valence-corrected chi connectivity index (χ1v) is 4.22. The average Bonchev–Trinajstić information content (AvgIpc) is 2.40. The molecule has 0 amide bonds. The van der Waals surface area contributed by atoms with Crippen LogP contribution in [0.2, 0.25) is 0 Å². The van der Waals surface area contributed by atoms with Crippen molar-refractivity contribution >= 4 is 5.97 Å². The summed E-state index contributed by atoms with van der Waals surface area (Å²) < 4.78 is 0. The van der Waals surface area contributed by atoms with Gasteiger partial charge in [0.1, 0.15) is 0 Å². The third-order valence-electron chi connectivity index (χ3n) is 3.17. The molecule has 0 aromatic heterocycles. The summed E-state index contributed by atoms with van der Waals surface area (Å²) in [6, 6.07) is 0.264. The van der Waals surface area contributed by atoms with Crippen LogP contribution < -0.4 is 5.32 Å². The summed E-state index contributed by atoms with van der Waals surface area (Å²) in [5.41, 5.74) is -0.389. The van der Waals surface area contributed by atoms with Crippen LogP contribution in [0.3, 0.4) is 0 Å². The Morgan fingerprint density at radius 2 is 2.36 bits per heavy atom. The Morgan fingerprint density at radius 1 is 1.55 bits per heavy atom. The van der Waals surface area contributed by atoms with Crippen molar-refractivity contribution in [2.45, 2.75) is 31.7 Å². The number of carbonyl (C=O) groups is 1. The van der Waals surface area contributed by atoms with Crippen LogP contribution in [0.4, 0.5) is 0 Å². The summed E-state index contributed by atoms with van der Waals surface area (Å²) in [5.74, 6) is -0.593. The Bertz CT molecular complexity index is 181. The third kappa shape index (κ3) is 0.805. The van der Waals surface area contributed by atoms with Gasteiger partial charge in [0.05, 0.1) is 5.41 Å². The van der Waals surface area contributed by atoms with Gasteiger partial charge in [0.25, 0.3) is 0 Å². The topological polar surface area (TPSA) is 49.3 Å². The highest BCUT2D eigenvalue weighted by atomic mass is 16.4. The van der Waals surface area contributed by atoms with Crippen molar-refractivity contribution in [3.05, 3.63) is 0 Å². The van der Waals surface area contributed by atoms with Crippen molar-refractivity contribution in [3.63, 3.8) is 0 Å². The maximum absolute atomic E-state index is 11.0. The van der Waals surface area contributed by atoms with Gasteiger partial charge in [0.2, 0.25) is 0 Å². The molecule has 1 saturated heterocycles. The number of hydrogen-bond acceptors (Lipinski definition) is 2. The third-order valence-corrected chi connectivity index (χ3v) is 3.17. The fourth-order valence-corrected chi connectivity index (χ4v) is 2.50. The minimum absolute atomic E-state index is 0.264. The number of aliphatic carboxylic acids is 1. The monoisotopic (exact) mass is 155 g/mol. The van der Waals surface area contributed by atoms with Crippen molar-refractivity contribution in [2.24, 2.45) is 5.41 Å². The largest absolute Gasteiger partial charge is 0.481 e. The van der Waals surface area contributed by atoms with Crippen LogP contribution in [0, 0.1) is 5.41 Å². The van der Waals surface area contributed by atoms with Gasteiger partial charge in [-0.25, -0.2) is 0 Å². The van der Waals surface area contributed by atoms with E-state index >= 15 is 0 Å². The van der Waals surface area contributed by atoms with Crippen LogP contribution in [0.1, 0.15) is 25.7 Å². The molecule has 2 aliphatic rings. The number of carboxylic acid groups (broad SMARTS) is 1. The van der Waals surface area contributed by atoms with Crippen molar-refractivity contribution in [3.8, 4) is 0 Å². The molecule has 2 N–H and O–H groups in total. The first kappa shape index (κ1) is 7.10. The second kappa shape index (κ2) is 2.21. The van der Waals surface area contributed by atoms with Crippen LogP contribution in [0.25, 0.3) is 0 Å². The van der Waals surface area contributed by atoms with E-state index in [1.807, 2.05) is 0 Å². The lowest BCUT2D eigenvalue weighted by atomic mass is 9.83. The molecule has 2 fully saturated rings. The molecule has 0 bridgehead atoms. The Hall–Kier alpha value is -0.570. The van der Waals surface area contributed by atoms with Crippen molar-refractivity contribution < 1.29 is 9.90 Å². The molecule has 3 nitrogen and oxygen atoms in total. The van der Waals surface area contributed by atoms with Crippen LogP contribution in [0.15, 0.2) is 0 Å². The Balaban J connectivity index is 2.26. The summed E-state index contributed by atoms with van der Waals surface area (Å²) in [7, 11) is 0. The van der Waals surface area contributed by atoms with E-state index in [-0.39, 0.29) is 11.5 Å². The molecule has 0 radical (unpaired) electrons. The molecule has 1 aliphatic heterocycles. The molecule has 1 heterocycles. The maximum atomic E-state index is 11.0. The summed E-state index contributed by atoms with van der Waals surface area (Å²) in [6.45, 7) is 0.886. The molecule has 11 heavy (non-hydrogen) atoms. The Morgan fingerprint density at radius 3 is 3.00 bits per heavy atom. The summed E-state index contributed by atoms with van der Waals surface area (Å²) in [5, 5.41) is 12.3. The van der Waals surface area contributed by atoms with E-state index in [0.717, 1.165) is 32.2 Å². The number of carboxylic acids is 1. The normalized spacial score (nSPS) is 42.4. The molecule has 2 atom stereocenters. The van der Waals surface area contributed by atoms with Gasteiger partial charge in [-0.3, -0.25) is 4.79 Å². The lowest BCUT2D eigenvalue weighted by molar-refractivity contribution is -0.148. The Labute approximate surface area is 65.8 Å². The molecular formula is C8H13NO2. The second-order valence-corrected chi connectivity index (χ2v) is 3.61. The van der Waals surface area contributed by atoms with Crippen molar-refractivity contribution in [2.75, 3.05) is 6.54 Å². The van der Waals surface area contributed by atoms with Gasteiger partial charge >= 0.3 is 5.97 Å². The molecule has 2 rings (SSSR count). The highest BCUT2D eigenvalue weighted by Gasteiger charge is 2.51. The first-order valence-electron chi connectivity index (χ1n) is 4.22. The molecule has 1 saturated carbocycles. The quantitative estimate of drug-likeness (QED) is 0.583. The van der Waals surface area contributed by atoms with Crippen LogP contribution in [-0.2, 0) is 4.79 Å². The zero-order valence-corrected chi connectivity index (χ0v) is 6.47. The fraction of sp³-hybridized carbons (Fsp3) is 0.875. The first-order chi connectivity index (χ1) is 5.26. The van der Waals surface area contributed by atoms with Gasteiger partial charge in [-0.1, -0.05) is 6.42 Å². The highest BCUT2D eigenvalue weighted by molar-refractivity contribution is 5.76. The standard InChI is InChI=1S/C8H13NO2/c10-7(11)8-3-1-2-6(8)9-5-4-8/h6,9H,1-5H2,(H,10,11)/t6-,8+/m1/s1. The minimum Gasteiger partial charge on any atom is -0.481 e. The van der Waals surface area contributed by atoms with Gasteiger partial charge in [0.15, 0.2) is 0 Å². The molecule has 3 heteroatoms. The summed E-state index contributed by atoms with van der Waals surface area (Å²) in [6.07, 6.45) is 3.82. The molecule has 0 aromatic rings. The molecule has 0 aromatic carbocycles. The fourth-order valence-electron chi connectivity index (χ4n) is 2.50. The van der Waals surface area contributed by atoms with Gasteiger partial charge in [-0.05, 0) is 25.8 Å².